The van der Waals surface area contributed by atoms with E-state index in [4.69, 9.17) is 14.5 Å². The number of fused-ring (bicyclic) bond motifs is 1. The molecule has 4 aromatic heterocycles. The van der Waals surface area contributed by atoms with E-state index in [2.05, 4.69) is 41.0 Å². The molecule has 0 radical (unpaired) electrons. The Kier molecular flexibility index (Phi) is 6.88. The van der Waals surface area contributed by atoms with E-state index in [-0.39, 0.29) is 10.4 Å². The van der Waals surface area contributed by atoms with Crippen molar-refractivity contribution >= 4 is 27.0 Å². The van der Waals surface area contributed by atoms with Gasteiger partial charge in [0.1, 0.15) is 27.7 Å². The minimum atomic E-state index is -4.57. The van der Waals surface area contributed by atoms with Gasteiger partial charge in [0, 0.05) is 24.2 Å². The van der Waals surface area contributed by atoms with Gasteiger partial charge in [0.15, 0.2) is 17.2 Å². The van der Waals surface area contributed by atoms with E-state index < -0.39 is 11.9 Å². The van der Waals surface area contributed by atoms with Crippen LogP contribution in [0.2, 0.25) is 0 Å². The first kappa shape index (κ1) is 27.1. The van der Waals surface area contributed by atoms with Crippen molar-refractivity contribution in [3.05, 3.63) is 58.3 Å². The second-order valence-corrected chi connectivity index (χ2v) is 10.3. The van der Waals surface area contributed by atoms with Crippen LogP contribution in [0.25, 0.3) is 33.8 Å². The van der Waals surface area contributed by atoms with Crippen molar-refractivity contribution in [1.29, 1.82) is 0 Å². The van der Waals surface area contributed by atoms with Gasteiger partial charge in [-0.2, -0.15) is 13.2 Å². The summed E-state index contributed by atoms with van der Waals surface area (Å²) in [5, 5.41) is 5.21. The van der Waals surface area contributed by atoms with Crippen LogP contribution in [0, 0.1) is 0 Å². The molecule has 0 aliphatic heterocycles. The van der Waals surface area contributed by atoms with Crippen molar-refractivity contribution < 1.29 is 22.6 Å². The molecule has 1 aromatic carbocycles. The number of hydrogen-bond donors (Lipinski definition) is 0. The molecule has 0 unspecified atom stereocenters. The second-order valence-electron chi connectivity index (χ2n) is 9.53. The highest BCUT2D eigenvalue weighted by molar-refractivity contribution is 9.10. The predicted octanol–water partition coefficient (Wildman–Crippen LogP) is 5.89. The van der Waals surface area contributed by atoms with E-state index in [0.717, 1.165) is 24.1 Å². The lowest BCUT2D eigenvalue weighted by atomic mass is 10.1. The molecule has 1 saturated carbocycles. The smallest absolute Gasteiger partial charge is 0.436 e. The van der Waals surface area contributed by atoms with Crippen LogP contribution in [0.1, 0.15) is 42.6 Å². The minimum Gasteiger partial charge on any atom is -0.480 e. The Morgan fingerprint density at radius 3 is 2.37 bits per heavy atom. The van der Waals surface area contributed by atoms with Gasteiger partial charge in [-0.05, 0) is 41.3 Å². The number of imidazole rings is 1. The molecule has 0 saturated heterocycles. The third-order valence-corrected chi connectivity index (χ3v) is 7.71. The molecule has 10 nitrogen and oxygen atoms in total. The van der Waals surface area contributed by atoms with Gasteiger partial charge in [-0.15, -0.1) is 5.10 Å². The third kappa shape index (κ3) is 4.89. The van der Waals surface area contributed by atoms with Gasteiger partial charge >= 0.3 is 6.18 Å². The summed E-state index contributed by atoms with van der Waals surface area (Å²) in [6, 6.07) is 7.14. The average molecular weight is 629 g/mol. The first-order valence-electron chi connectivity index (χ1n) is 12.8. The van der Waals surface area contributed by atoms with Crippen LogP contribution in [0.3, 0.4) is 0 Å². The highest BCUT2D eigenvalue weighted by Crippen LogP contribution is 2.45. The predicted molar refractivity (Wildman–Crippen MR) is 147 cm³/mol. The molecule has 5 aromatic rings. The number of methoxy groups -OCH3 is 2. The fourth-order valence-electron chi connectivity index (χ4n) is 4.78. The fraction of sp³-hybridized carbons (Fsp3) is 0.333. The lowest BCUT2D eigenvalue weighted by Gasteiger charge is -2.11. The Morgan fingerprint density at radius 1 is 1.00 bits per heavy atom. The molecule has 6 rings (SSSR count). The first-order valence-corrected chi connectivity index (χ1v) is 13.6. The molecule has 0 bridgehead atoms. The quantitative estimate of drug-likeness (QED) is 0.209. The Morgan fingerprint density at radius 2 is 1.73 bits per heavy atom. The second kappa shape index (κ2) is 10.4. The topological polar surface area (TPSA) is 106 Å². The van der Waals surface area contributed by atoms with Gasteiger partial charge in [-0.25, -0.2) is 29.6 Å². The number of rotatable bonds is 8. The zero-order valence-corrected chi connectivity index (χ0v) is 23.9. The average Bonchev–Trinajstić information content (AvgIpc) is 3.68. The van der Waals surface area contributed by atoms with Crippen LogP contribution in [0.4, 0.5) is 13.2 Å². The molecule has 41 heavy (non-hydrogen) atoms. The molecule has 0 atom stereocenters. The molecule has 0 amide bonds. The maximum Gasteiger partial charge on any atom is 0.436 e. The molecule has 212 valence electrons. The summed E-state index contributed by atoms with van der Waals surface area (Å²) in [6.45, 7) is 2.41. The van der Waals surface area contributed by atoms with E-state index >= 15 is 0 Å². The normalized spacial score (nSPS) is 13.6. The molecule has 1 aliphatic carbocycles. The van der Waals surface area contributed by atoms with Gasteiger partial charge in [-0.1, -0.05) is 24.3 Å². The molecule has 4 heterocycles. The van der Waals surface area contributed by atoms with E-state index in [1.165, 1.54) is 18.0 Å². The summed E-state index contributed by atoms with van der Waals surface area (Å²) in [5.74, 6) is 1.74. The highest BCUT2D eigenvalue weighted by Gasteiger charge is 2.38. The highest BCUT2D eigenvalue weighted by atomic mass is 79.9. The van der Waals surface area contributed by atoms with Crippen molar-refractivity contribution in [3.8, 4) is 34.5 Å². The molecular weight excluding hydrogens is 605 g/mol. The SMILES string of the molecule is CCn1c(-c2ccc(Cn3nc(OC)c4cnc(-c5c(OC)ncnc5C5CC5)nc43)cc2)nc(C(F)(F)F)c1Br. The van der Waals surface area contributed by atoms with Crippen molar-refractivity contribution in [2.24, 2.45) is 0 Å². The van der Waals surface area contributed by atoms with Crippen LogP contribution < -0.4 is 9.47 Å². The summed E-state index contributed by atoms with van der Waals surface area (Å²) >= 11 is 3.06. The van der Waals surface area contributed by atoms with Crippen LogP contribution >= 0.6 is 15.9 Å². The summed E-state index contributed by atoms with van der Waals surface area (Å²) < 4.78 is 54.5. The Balaban J connectivity index is 1.37. The maximum atomic E-state index is 13.5. The number of halogens is 4. The zero-order chi connectivity index (χ0) is 28.9. The Hall–Kier alpha value is -4.07. The van der Waals surface area contributed by atoms with E-state index in [1.54, 1.807) is 37.0 Å². The monoisotopic (exact) mass is 628 g/mol. The summed E-state index contributed by atoms with van der Waals surface area (Å²) in [5.41, 5.74) is 2.52. The fourth-order valence-corrected chi connectivity index (χ4v) is 5.51. The number of hydrogen-bond acceptors (Lipinski definition) is 8. The molecule has 14 heteroatoms. The number of alkyl halides is 3. The van der Waals surface area contributed by atoms with Crippen molar-refractivity contribution in [3.63, 3.8) is 0 Å². The van der Waals surface area contributed by atoms with Crippen LogP contribution in [0.15, 0.2) is 41.4 Å². The summed E-state index contributed by atoms with van der Waals surface area (Å²) in [7, 11) is 3.07. The zero-order valence-electron chi connectivity index (χ0n) is 22.3. The molecular formula is C27H24BrF3N8O2. The van der Waals surface area contributed by atoms with Gasteiger partial charge in [-0.3, -0.25) is 0 Å². The number of ether oxygens (including phenoxy) is 2. The molecule has 1 fully saturated rings. The largest absolute Gasteiger partial charge is 0.480 e. The van der Waals surface area contributed by atoms with Crippen LogP contribution in [-0.4, -0.2) is 53.5 Å². The van der Waals surface area contributed by atoms with Crippen molar-refractivity contribution in [2.45, 2.75) is 44.9 Å². The van der Waals surface area contributed by atoms with Crippen molar-refractivity contribution in [1.82, 2.24) is 39.3 Å². The number of nitrogens with zero attached hydrogens (tertiary/aromatic N) is 8. The number of benzene rings is 1. The minimum absolute atomic E-state index is 0.0949. The van der Waals surface area contributed by atoms with Gasteiger partial charge in [0.2, 0.25) is 11.8 Å². The molecule has 0 N–H and O–H groups in total. The lowest BCUT2D eigenvalue weighted by molar-refractivity contribution is -0.141. The van der Waals surface area contributed by atoms with Gasteiger partial charge < -0.3 is 14.0 Å². The van der Waals surface area contributed by atoms with Crippen molar-refractivity contribution in [2.75, 3.05) is 14.2 Å². The van der Waals surface area contributed by atoms with E-state index in [0.29, 0.717) is 58.8 Å². The lowest BCUT2D eigenvalue weighted by Crippen LogP contribution is -2.06. The first-order chi connectivity index (χ1) is 19.7. The number of aromatic nitrogens is 8. The Labute approximate surface area is 240 Å². The maximum absolute atomic E-state index is 13.5. The summed E-state index contributed by atoms with van der Waals surface area (Å²) in [4.78, 5) is 22.1. The third-order valence-electron chi connectivity index (χ3n) is 6.91. The Bertz CT molecular complexity index is 1750. The molecule has 1 aliphatic rings. The summed E-state index contributed by atoms with van der Waals surface area (Å²) in [6.07, 6.45) is 0.645. The van der Waals surface area contributed by atoms with Gasteiger partial charge in [0.05, 0.1) is 26.5 Å². The van der Waals surface area contributed by atoms with E-state index in [1.807, 2.05) is 12.1 Å². The molecule has 0 spiro atoms. The standard InChI is InChI=1S/C27H24BrF3N8O2/c1-4-38-21(28)20(27(29,30)31)35-23(38)16-7-5-14(6-8-16)12-39-24-17(25(37-39)40-2)11-32-22(36-24)18-19(15-9-10-15)33-13-34-26(18)41-3/h5-8,11,13,15H,4,9-10,12H2,1-3H3. The van der Waals surface area contributed by atoms with Crippen LogP contribution in [-0.2, 0) is 19.3 Å². The van der Waals surface area contributed by atoms with Gasteiger partial charge in [0.25, 0.3) is 0 Å². The van der Waals surface area contributed by atoms with Crippen LogP contribution in [0.5, 0.6) is 11.8 Å². The van der Waals surface area contributed by atoms with E-state index in [9.17, 15) is 13.2 Å².